The minimum atomic E-state index is 0.582. The normalized spacial score (nSPS) is 10.8. The summed E-state index contributed by atoms with van der Waals surface area (Å²) in [6.45, 7) is 3.24. The van der Waals surface area contributed by atoms with Gasteiger partial charge < -0.3 is 19.9 Å². The van der Waals surface area contributed by atoms with E-state index < -0.39 is 0 Å². The number of benzene rings is 1. The standard InChI is InChI=1S/C13H20BrNO3/c1-16-7-8-17-5-2-6-18-10-11-3-4-12(15)9-13(11)14/h3-4,9H,2,5-8,10,15H2,1H3. The zero-order chi connectivity index (χ0) is 13.2. The third-order valence-corrected chi connectivity index (χ3v) is 3.08. The van der Waals surface area contributed by atoms with E-state index in [1.807, 2.05) is 18.2 Å². The van der Waals surface area contributed by atoms with E-state index in [1.54, 1.807) is 7.11 Å². The Bertz CT molecular complexity index is 347. The van der Waals surface area contributed by atoms with Crippen molar-refractivity contribution in [2.24, 2.45) is 0 Å². The maximum absolute atomic E-state index is 5.66. The molecule has 0 amide bonds. The van der Waals surface area contributed by atoms with E-state index in [0.29, 0.717) is 33.0 Å². The zero-order valence-corrected chi connectivity index (χ0v) is 12.2. The average molecular weight is 318 g/mol. The van der Waals surface area contributed by atoms with Crippen LogP contribution in [0.1, 0.15) is 12.0 Å². The molecule has 0 spiro atoms. The van der Waals surface area contributed by atoms with Gasteiger partial charge in [-0.3, -0.25) is 0 Å². The van der Waals surface area contributed by atoms with Gasteiger partial charge in [0.05, 0.1) is 19.8 Å². The Labute approximate surface area is 117 Å². The highest BCUT2D eigenvalue weighted by Gasteiger charge is 2.00. The van der Waals surface area contributed by atoms with E-state index in [1.165, 1.54) is 0 Å². The molecule has 0 aliphatic rings. The molecule has 5 heteroatoms. The van der Waals surface area contributed by atoms with Crippen LogP contribution < -0.4 is 5.73 Å². The number of anilines is 1. The molecule has 4 nitrogen and oxygen atoms in total. The number of nitrogens with two attached hydrogens (primary N) is 1. The van der Waals surface area contributed by atoms with Crippen molar-refractivity contribution in [3.63, 3.8) is 0 Å². The highest BCUT2D eigenvalue weighted by atomic mass is 79.9. The number of hydrogen-bond donors (Lipinski definition) is 1. The van der Waals surface area contributed by atoms with E-state index >= 15 is 0 Å². The monoisotopic (exact) mass is 317 g/mol. The van der Waals surface area contributed by atoms with Gasteiger partial charge in [0, 0.05) is 30.5 Å². The summed E-state index contributed by atoms with van der Waals surface area (Å²) in [5.74, 6) is 0. The van der Waals surface area contributed by atoms with Crippen LogP contribution in [-0.2, 0) is 20.8 Å². The molecule has 0 saturated carbocycles. The Morgan fingerprint density at radius 3 is 2.61 bits per heavy atom. The number of rotatable bonds is 9. The minimum Gasteiger partial charge on any atom is -0.399 e. The minimum absolute atomic E-state index is 0.582. The maximum atomic E-state index is 5.66. The molecular formula is C13H20BrNO3. The average Bonchev–Trinajstić information content (AvgIpc) is 2.35. The Hall–Kier alpha value is -0.620. The SMILES string of the molecule is COCCOCCCOCc1ccc(N)cc1Br. The summed E-state index contributed by atoms with van der Waals surface area (Å²) in [5.41, 5.74) is 7.51. The third-order valence-electron chi connectivity index (χ3n) is 2.34. The first kappa shape index (κ1) is 15.4. The molecule has 0 aliphatic carbocycles. The van der Waals surface area contributed by atoms with Crippen LogP contribution in [0.5, 0.6) is 0 Å². The van der Waals surface area contributed by atoms with Gasteiger partial charge in [-0.15, -0.1) is 0 Å². The van der Waals surface area contributed by atoms with Crippen molar-refractivity contribution >= 4 is 21.6 Å². The van der Waals surface area contributed by atoms with Crippen molar-refractivity contribution in [3.8, 4) is 0 Å². The zero-order valence-electron chi connectivity index (χ0n) is 10.7. The predicted octanol–water partition coefficient (Wildman–Crippen LogP) is 2.60. The van der Waals surface area contributed by atoms with Crippen molar-refractivity contribution < 1.29 is 14.2 Å². The molecular weight excluding hydrogens is 298 g/mol. The highest BCUT2D eigenvalue weighted by molar-refractivity contribution is 9.10. The van der Waals surface area contributed by atoms with Crippen molar-refractivity contribution in [1.82, 2.24) is 0 Å². The lowest BCUT2D eigenvalue weighted by molar-refractivity contribution is 0.0482. The molecule has 0 fully saturated rings. The van der Waals surface area contributed by atoms with Gasteiger partial charge in [0.2, 0.25) is 0 Å². The number of nitrogen functional groups attached to an aromatic ring is 1. The number of ether oxygens (including phenoxy) is 3. The Morgan fingerprint density at radius 2 is 1.89 bits per heavy atom. The van der Waals surface area contributed by atoms with Gasteiger partial charge >= 0.3 is 0 Å². The molecule has 0 saturated heterocycles. The highest BCUT2D eigenvalue weighted by Crippen LogP contribution is 2.20. The Balaban J connectivity index is 2.07. The lowest BCUT2D eigenvalue weighted by Crippen LogP contribution is -2.05. The molecule has 0 aliphatic heterocycles. The second-order valence-electron chi connectivity index (χ2n) is 3.86. The van der Waals surface area contributed by atoms with Crippen LogP contribution in [0.2, 0.25) is 0 Å². The summed E-state index contributed by atoms with van der Waals surface area (Å²) < 4.78 is 16.8. The van der Waals surface area contributed by atoms with Crippen molar-refractivity contribution in [1.29, 1.82) is 0 Å². The maximum Gasteiger partial charge on any atom is 0.0727 e. The third kappa shape index (κ3) is 6.35. The van der Waals surface area contributed by atoms with Crippen LogP contribution >= 0.6 is 15.9 Å². The van der Waals surface area contributed by atoms with Crippen LogP contribution in [-0.4, -0.2) is 33.5 Å². The topological polar surface area (TPSA) is 53.7 Å². The van der Waals surface area contributed by atoms with Crippen LogP contribution in [0.4, 0.5) is 5.69 Å². The van der Waals surface area contributed by atoms with Gasteiger partial charge in [-0.1, -0.05) is 22.0 Å². The van der Waals surface area contributed by atoms with Crippen LogP contribution in [0.15, 0.2) is 22.7 Å². The molecule has 1 aromatic carbocycles. The molecule has 2 N–H and O–H groups in total. The van der Waals surface area contributed by atoms with Gasteiger partial charge in [0.1, 0.15) is 0 Å². The molecule has 0 aromatic heterocycles. The first-order chi connectivity index (χ1) is 8.74. The molecule has 102 valence electrons. The van der Waals surface area contributed by atoms with Crippen LogP contribution in [0.3, 0.4) is 0 Å². The van der Waals surface area contributed by atoms with Gasteiger partial charge in [-0.2, -0.15) is 0 Å². The summed E-state index contributed by atoms with van der Waals surface area (Å²) in [7, 11) is 1.66. The molecule has 1 aromatic rings. The fraction of sp³-hybridized carbons (Fsp3) is 0.538. The van der Waals surface area contributed by atoms with E-state index in [0.717, 1.165) is 22.1 Å². The van der Waals surface area contributed by atoms with Crippen LogP contribution in [0, 0.1) is 0 Å². The lowest BCUT2D eigenvalue weighted by atomic mass is 10.2. The van der Waals surface area contributed by atoms with Crippen LogP contribution in [0.25, 0.3) is 0 Å². The second-order valence-corrected chi connectivity index (χ2v) is 4.72. The second kappa shape index (κ2) is 9.33. The molecule has 0 atom stereocenters. The molecule has 0 unspecified atom stereocenters. The summed E-state index contributed by atoms with van der Waals surface area (Å²) in [5, 5.41) is 0. The Kier molecular flexibility index (Phi) is 8.00. The fourth-order valence-electron chi connectivity index (χ4n) is 1.37. The predicted molar refractivity (Wildman–Crippen MR) is 75.5 cm³/mol. The van der Waals surface area contributed by atoms with E-state index in [2.05, 4.69) is 15.9 Å². The number of hydrogen-bond acceptors (Lipinski definition) is 4. The molecule has 1 rings (SSSR count). The van der Waals surface area contributed by atoms with Gasteiger partial charge in [-0.25, -0.2) is 0 Å². The van der Waals surface area contributed by atoms with Gasteiger partial charge in [0.15, 0.2) is 0 Å². The number of halogens is 1. The van der Waals surface area contributed by atoms with E-state index in [9.17, 15) is 0 Å². The first-order valence-electron chi connectivity index (χ1n) is 5.92. The molecule has 0 bridgehead atoms. The summed E-state index contributed by atoms with van der Waals surface area (Å²) in [6, 6.07) is 5.72. The molecule has 0 heterocycles. The summed E-state index contributed by atoms with van der Waals surface area (Å²) >= 11 is 3.46. The van der Waals surface area contributed by atoms with E-state index in [-0.39, 0.29) is 0 Å². The molecule has 18 heavy (non-hydrogen) atoms. The molecule has 0 radical (unpaired) electrons. The summed E-state index contributed by atoms with van der Waals surface area (Å²) in [4.78, 5) is 0. The summed E-state index contributed by atoms with van der Waals surface area (Å²) in [6.07, 6.45) is 0.885. The fourth-order valence-corrected chi connectivity index (χ4v) is 1.88. The first-order valence-corrected chi connectivity index (χ1v) is 6.71. The van der Waals surface area contributed by atoms with Crippen molar-refractivity contribution in [2.75, 3.05) is 39.3 Å². The van der Waals surface area contributed by atoms with Crippen molar-refractivity contribution in [2.45, 2.75) is 13.0 Å². The van der Waals surface area contributed by atoms with Gasteiger partial charge in [-0.05, 0) is 24.1 Å². The largest absolute Gasteiger partial charge is 0.399 e. The van der Waals surface area contributed by atoms with Gasteiger partial charge in [0.25, 0.3) is 0 Å². The lowest BCUT2D eigenvalue weighted by Gasteiger charge is -2.07. The number of methoxy groups -OCH3 is 1. The quantitative estimate of drug-likeness (QED) is 0.562. The van der Waals surface area contributed by atoms with Crippen molar-refractivity contribution in [3.05, 3.63) is 28.2 Å². The smallest absolute Gasteiger partial charge is 0.0727 e. The van der Waals surface area contributed by atoms with E-state index in [4.69, 9.17) is 19.9 Å². The Morgan fingerprint density at radius 1 is 1.11 bits per heavy atom.